The van der Waals surface area contributed by atoms with Crippen LogP contribution in [0.4, 0.5) is 0 Å². The van der Waals surface area contributed by atoms with Gasteiger partial charge in [0.15, 0.2) is 0 Å². The zero-order valence-electron chi connectivity index (χ0n) is 13.7. The fraction of sp³-hybridized carbons (Fsp3) is 0.400. The van der Waals surface area contributed by atoms with Crippen molar-refractivity contribution in [2.45, 2.75) is 24.9 Å². The zero-order valence-corrected chi connectivity index (χ0v) is 14.5. The summed E-state index contributed by atoms with van der Waals surface area (Å²) in [5.41, 5.74) is 0.824. The number of aromatic nitrogens is 2. The molecule has 126 valence electrons. The van der Waals surface area contributed by atoms with Gasteiger partial charge in [0.1, 0.15) is 16.4 Å². The summed E-state index contributed by atoms with van der Waals surface area (Å²) in [7, 11) is 0.787. The van der Waals surface area contributed by atoms with Crippen LogP contribution in [-0.2, 0) is 23.1 Å². The lowest BCUT2D eigenvalue weighted by atomic mass is 10.3. The van der Waals surface area contributed by atoms with Crippen molar-refractivity contribution in [1.82, 2.24) is 14.1 Å². The second kappa shape index (κ2) is 7.01. The highest BCUT2D eigenvalue weighted by atomic mass is 32.2. The van der Waals surface area contributed by atoms with Crippen LogP contribution in [0.25, 0.3) is 0 Å². The quantitative estimate of drug-likeness (QED) is 0.768. The molecule has 0 fully saturated rings. The van der Waals surface area contributed by atoms with E-state index in [0.717, 1.165) is 12.1 Å². The maximum absolute atomic E-state index is 12.8. The van der Waals surface area contributed by atoms with Crippen LogP contribution < -0.4 is 9.47 Å². The van der Waals surface area contributed by atoms with Crippen molar-refractivity contribution < 1.29 is 17.9 Å². The molecular formula is C15H21N3O4S. The molecule has 0 radical (unpaired) electrons. The molecule has 0 unspecified atom stereocenters. The highest BCUT2D eigenvalue weighted by Gasteiger charge is 2.25. The van der Waals surface area contributed by atoms with Crippen molar-refractivity contribution in [3.8, 4) is 11.5 Å². The van der Waals surface area contributed by atoms with Gasteiger partial charge in [-0.1, -0.05) is 0 Å². The first-order valence-electron chi connectivity index (χ1n) is 7.12. The van der Waals surface area contributed by atoms with E-state index in [0.29, 0.717) is 5.75 Å². The molecule has 1 aromatic heterocycles. The standard InChI is InChI=1S/C15H21N3O4S/c1-5-18-11-12(9-16-18)10-17(2)23(19,20)15-7-6-13(21-3)8-14(15)22-4/h6-9,11H,5,10H2,1-4H3. The summed E-state index contributed by atoms with van der Waals surface area (Å²) in [6.07, 6.45) is 3.50. The van der Waals surface area contributed by atoms with Gasteiger partial charge in [0.2, 0.25) is 10.0 Å². The number of rotatable bonds is 7. The van der Waals surface area contributed by atoms with Crippen LogP contribution in [0.15, 0.2) is 35.5 Å². The minimum Gasteiger partial charge on any atom is -0.497 e. The smallest absolute Gasteiger partial charge is 0.246 e. The minimum atomic E-state index is -3.69. The fourth-order valence-corrected chi connectivity index (χ4v) is 3.45. The SMILES string of the molecule is CCn1cc(CN(C)S(=O)(=O)c2ccc(OC)cc2OC)cn1. The number of sulfonamides is 1. The summed E-state index contributed by atoms with van der Waals surface area (Å²) < 4.78 is 38.9. The normalized spacial score (nSPS) is 11.7. The molecule has 1 aromatic carbocycles. The number of benzene rings is 1. The van der Waals surface area contributed by atoms with E-state index in [1.807, 2.05) is 13.1 Å². The lowest BCUT2D eigenvalue weighted by Crippen LogP contribution is -2.26. The van der Waals surface area contributed by atoms with E-state index in [2.05, 4.69) is 5.10 Å². The van der Waals surface area contributed by atoms with Crippen molar-refractivity contribution in [1.29, 1.82) is 0 Å². The molecular weight excluding hydrogens is 318 g/mol. The predicted octanol–water partition coefficient (Wildman–Crippen LogP) is 1.74. The molecule has 0 amide bonds. The Hall–Kier alpha value is -2.06. The predicted molar refractivity (Wildman–Crippen MR) is 86.1 cm³/mol. The van der Waals surface area contributed by atoms with Gasteiger partial charge in [-0.15, -0.1) is 0 Å². The molecule has 0 spiro atoms. The Morgan fingerprint density at radius 3 is 2.57 bits per heavy atom. The van der Waals surface area contributed by atoms with E-state index in [1.165, 1.54) is 31.6 Å². The monoisotopic (exact) mass is 339 g/mol. The Bertz CT molecular complexity index is 771. The lowest BCUT2D eigenvalue weighted by molar-refractivity contribution is 0.383. The Morgan fingerprint density at radius 2 is 2.00 bits per heavy atom. The van der Waals surface area contributed by atoms with Crippen LogP contribution in [0.2, 0.25) is 0 Å². The summed E-state index contributed by atoms with van der Waals surface area (Å²) in [6, 6.07) is 4.63. The number of nitrogens with zero attached hydrogens (tertiary/aromatic N) is 3. The summed E-state index contributed by atoms with van der Waals surface area (Å²) in [5, 5.41) is 4.15. The van der Waals surface area contributed by atoms with Crippen LogP contribution >= 0.6 is 0 Å². The summed E-state index contributed by atoms with van der Waals surface area (Å²) in [5.74, 6) is 0.785. The third-order valence-corrected chi connectivity index (χ3v) is 5.32. The third kappa shape index (κ3) is 3.65. The van der Waals surface area contributed by atoms with Crippen LogP contribution in [-0.4, -0.2) is 43.8 Å². The van der Waals surface area contributed by atoms with Gasteiger partial charge < -0.3 is 9.47 Å². The van der Waals surface area contributed by atoms with Gasteiger partial charge >= 0.3 is 0 Å². The van der Waals surface area contributed by atoms with Crippen molar-refractivity contribution in [3.05, 3.63) is 36.2 Å². The third-order valence-electron chi connectivity index (χ3n) is 3.47. The van der Waals surface area contributed by atoms with Gasteiger partial charge in [0.05, 0.1) is 20.4 Å². The second-order valence-corrected chi connectivity index (χ2v) is 7.00. The first-order valence-corrected chi connectivity index (χ1v) is 8.56. The molecule has 1 heterocycles. The first-order chi connectivity index (χ1) is 10.9. The summed E-state index contributed by atoms with van der Waals surface area (Å²) in [6.45, 7) is 2.94. The zero-order chi connectivity index (χ0) is 17.0. The van der Waals surface area contributed by atoms with Crippen LogP contribution in [0.3, 0.4) is 0 Å². The molecule has 0 saturated heterocycles. The van der Waals surface area contributed by atoms with Gasteiger partial charge in [-0.05, 0) is 19.1 Å². The van der Waals surface area contributed by atoms with Gasteiger partial charge in [0, 0.05) is 38.0 Å². The number of hydrogen-bond acceptors (Lipinski definition) is 5. The topological polar surface area (TPSA) is 73.7 Å². The average Bonchev–Trinajstić information content (AvgIpc) is 3.01. The number of aryl methyl sites for hydroxylation is 1. The van der Waals surface area contributed by atoms with E-state index in [-0.39, 0.29) is 17.2 Å². The molecule has 0 aliphatic rings. The fourth-order valence-electron chi connectivity index (χ4n) is 2.16. The summed E-state index contributed by atoms with van der Waals surface area (Å²) in [4.78, 5) is 0.103. The number of hydrogen-bond donors (Lipinski definition) is 0. The Balaban J connectivity index is 2.29. The molecule has 0 aliphatic heterocycles. The molecule has 2 aromatic rings. The van der Waals surface area contributed by atoms with Gasteiger partial charge in [-0.25, -0.2) is 8.42 Å². The molecule has 23 heavy (non-hydrogen) atoms. The Morgan fingerprint density at radius 1 is 1.26 bits per heavy atom. The lowest BCUT2D eigenvalue weighted by Gasteiger charge is -2.18. The maximum Gasteiger partial charge on any atom is 0.246 e. The minimum absolute atomic E-state index is 0.103. The maximum atomic E-state index is 12.8. The highest BCUT2D eigenvalue weighted by Crippen LogP contribution is 2.30. The van der Waals surface area contributed by atoms with Crippen molar-refractivity contribution in [2.24, 2.45) is 0 Å². The molecule has 0 aliphatic carbocycles. The second-order valence-electron chi connectivity index (χ2n) is 4.98. The average molecular weight is 339 g/mol. The van der Waals surface area contributed by atoms with Crippen LogP contribution in [0.5, 0.6) is 11.5 Å². The van der Waals surface area contributed by atoms with E-state index in [4.69, 9.17) is 9.47 Å². The van der Waals surface area contributed by atoms with Crippen molar-refractivity contribution >= 4 is 10.0 Å². The van der Waals surface area contributed by atoms with E-state index >= 15 is 0 Å². The first kappa shape index (κ1) is 17.3. The van der Waals surface area contributed by atoms with Crippen LogP contribution in [0, 0.1) is 0 Å². The molecule has 7 nitrogen and oxygen atoms in total. The highest BCUT2D eigenvalue weighted by molar-refractivity contribution is 7.89. The largest absolute Gasteiger partial charge is 0.497 e. The van der Waals surface area contributed by atoms with E-state index in [9.17, 15) is 8.42 Å². The van der Waals surface area contributed by atoms with Gasteiger partial charge in [-0.3, -0.25) is 4.68 Å². The Labute approximate surface area is 136 Å². The van der Waals surface area contributed by atoms with Crippen LogP contribution in [0.1, 0.15) is 12.5 Å². The van der Waals surface area contributed by atoms with E-state index < -0.39 is 10.0 Å². The molecule has 0 saturated carbocycles. The van der Waals surface area contributed by atoms with Crippen molar-refractivity contribution in [2.75, 3.05) is 21.3 Å². The molecule has 0 N–H and O–H groups in total. The number of ether oxygens (including phenoxy) is 2. The molecule has 0 atom stereocenters. The number of methoxy groups -OCH3 is 2. The molecule has 0 bridgehead atoms. The molecule has 2 rings (SSSR count). The van der Waals surface area contributed by atoms with Gasteiger partial charge in [0.25, 0.3) is 0 Å². The summed E-state index contributed by atoms with van der Waals surface area (Å²) >= 11 is 0. The van der Waals surface area contributed by atoms with Gasteiger partial charge in [-0.2, -0.15) is 9.40 Å². The van der Waals surface area contributed by atoms with E-state index in [1.54, 1.807) is 23.0 Å². The Kier molecular flexibility index (Phi) is 5.27. The van der Waals surface area contributed by atoms with Crippen molar-refractivity contribution in [3.63, 3.8) is 0 Å². The molecule has 8 heteroatoms.